The molecule has 1 heterocycles. The lowest BCUT2D eigenvalue weighted by atomic mass is 9.82. The summed E-state index contributed by atoms with van der Waals surface area (Å²) in [6.45, 7) is 15.2. The van der Waals surface area contributed by atoms with E-state index < -0.39 is 0 Å². The lowest BCUT2D eigenvalue weighted by Crippen LogP contribution is -2.47. The van der Waals surface area contributed by atoms with Crippen LogP contribution in [-0.4, -0.2) is 36.6 Å². The molecule has 0 bridgehead atoms. The van der Waals surface area contributed by atoms with Gasteiger partial charge >= 0.3 is 0 Å². The summed E-state index contributed by atoms with van der Waals surface area (Å²) in [5, 5.41) is 3.52. The van der Waals surface area contributed by atoms with Crippen LogP contribution in [0.25, 0.3) is 0 Å². The van der Waals surface area contributed by atoms with Crippen LogP contribution >= 0.6 is 0 Å². The highest BCUT2D eigenvalue weighted by Crippen LogP contribution is 2.30. The number of nitrogens with one attached hydrogen (secondary N) is 1. The van der Waals surface area contributed by atoms with Crippen LogP contribution in [0.1, 0.15) is 47.5 Å². The zero-order chi connectivity index (χ0) is 11.5. The summed E-state index contributed by atoms with van der Waals surface area (Å²) >= 11 is 0. The summed E-state index contributed by atoms with van der Waals surface area (Å²) in [4.78, 5) is 2.63. The lowest BCUT2D eigenvalue weighted by molar-refractivity contribution is 0.0990. The standard InChI is InChI=1S/C13H28N2/c1-11(2)14-10-12(3)15-8-6-13(4,5)7-9-15/h11-12,14H,6-10H2,1-5H3. The van der Waals surface area contributed by atoms with Gasteiger partial charge in [-0.2, -0.15) is 0 Å². The molecule has 0 aliphatic carbocycles. The summed E-state index contributed by atoms with van der Waals surface area (Å²) in [6, 6.07) is 1.29. The molecule has 0 amide bonds. The van der Waals surface area contributed by atoms with Gasteiger partial charge in [0.25, 0.3) is 0 Å². The number of piperidine rings is 1. The van der Waals surface area contributed by atoms with Gasteiger partial charge in [-0.1, -0.05) is 27.7 Å². The van der Waals surface area contributed by atoms with E-state index in [4.69, 9.17) is 0 Å². The Bertz CT molecular complexity index is 177. The number of hydrogen-bond donors (Lipinski definition) is 1. The van der Waals surface area contributed by atoms with Crippen LogP contribution in [0.2, 0.25) is 0 Å². The third-order valence-corrected chi connectivity index (χ3v) is 3.60. The number of rotatable bonds is 4. The second-order valence-electron chi connectivity index (χ2n) is 6.11. The fourth-order valence-electron chi connectivity index (χ4n) is 2.11. The highest BCUT2D eigenvalue weighted by atomic mass is 15.2. The minimum Gasteiger partial charge on any atom is -0.313 e. The molecule has 0 saturated carbocycles. The molecule has 2 nitrogen and oxygen atoms in total. The van der Waals surface area contributed by atoms with E-state index in [1.807, 2.05) is 0 Å². The maximum atomic E-state index is 3.52. The van der Waals surface area contributed by atoms with Crippen molar-refractivity contribution in [3.63, 3.8) is 0 Å². The Morgan fingerprint density at radius 1 is 1.13 bits per heavy atom. The average molecular weight is 212 g/mol. The van der Waals surface area contributed by atoms with E-state index in [1.165, 1.54) is 25.9 Å². The molecule has 1 unspecified atom stereocenters. The first kappa shape index (κ1) is 13.0. The van der Waals surface area contributed by atoms with E-state index in [1.54, 1.807) is 0 Å². The third kappa shape index (κ3) is 4.52. The molecule has 0 aromatic heterocycles. The Balaban J connectivity index is 2.27. The van der Waals surface area contributed by atoms with E-state index in [9.17, 15) is 0 Å². The molecule has 0 aromatic rings. The van der Waals surface area contributed by atoms with E-state index in [-0.39, 0.29) is 0 Å². The Kier molecular flexibility index (Phi) is 4.60. The Hall–Kier alpha value is -0.0800. The molecule has 1 aliphatic rings. The van der Waals surface area contributed by atoms with Crippen LogP contribution in [0, 0.1) is 5.41 Å². The topological polar surface area (TPSA) is 15.3 Å². The van der Waals surface area contributed by atoms with Gasteiger partial charge < -0.3 is 5.32 Å². The fraction of sp³-hybridized carbons (Fsp3) is 1.00. The van der Waals surface area contributed by atoms with Gasteiger partial charge in [-0.3, -0.25) is 4.90 Å². The van der Waals surface area contributed by atoms with Crippen LogP contribution in [0.5, 0.6) is 0 Å². The van der Waals surface area contributed by atoms with Crippen LogP contribution in [-0.2, 0) is 0 Å². The zero-order valence-corrected chi connectivity index (χ0v) is 11.1. The van der Waals surface area contributed by atoms with E-state index in [0.717, 1.165) is 6.54 Å². The van der Waals surface area contributed by atoms with Crippen LogP contribution < -0.4 is 5.32 Å². The summed E-state index contributed by atoms with van der Waals surface area (Å²) < 4.78 is 0. The fourth-order valence-corrected chi connectivity index (χ4v) is 2.11. The van der Waals surface area contributed by atoms with Gasteiger partial charge in [-0.25, -0.2) is 0 Å². The normalized spacial score (nSPS) is 24.4. The maximum Gasteiger partial charge on any atom is 0.0192 e. The molecule has 0 spiro atoms. The predicted octanol–water partition coefficient (Wildman–Crippen LogP) is 2.49. The zero-order valence-electron chi connectivity index (χ0n) is 11.1. The monoisotopic (exact) mass is 212 g/mol. The molecule has 1 atom stereocenters. The molecule has 15 heavy (non-hydrogen) atoms. The van der Waals surface area contributed by atoms with Crippen molar-refractivity contribution in [2.75, 3.05) is 19.6 Å². The van der Waals surface area contributed by atoms with E-state index >= 15 is 0 Å². The van der Waals surface area contributed by atoms with Crippen molar-refractivity contribution < 1.29 is 0 Å². The number of hydrogen-bond acceptors (Lipinski definition) is 2. The van der Waals surface area contributed by atoms with Gasteiger partial charge in [0.15, 0.2) is 0 Å². The molecular weight excluding hydrogens is 184 g/mol. The molecule has 2 heteroatoms. The van der Waals surface area contributed by atoms with Crippen molar-refractivity contribution in [3.8, 4) is 0 Å². The van der Waals surface area contributed by atoms with Gasteiger partial charge in [0.05, 0.1) is 0 Å². The quantitative estimate of drug-likeness (QED) is 0.770. The second-order valence-corrected chi connectivity index (χ2v) is 6.11. The minimum atomic E-state index is 0.571. The maximum absolute atomic E-state index is 3.52. The lowest BCUT2D eigenvalue weighted by Gasteiger charge is -2.40. The van der Waals surface area contributed by atoms with Gasteiger partial charge in [-0.15, -0.1) is 0 Å². The average Bonchev–Trinajstić information content (AvgIpc) is 2.14. The molecule has 0 aromatic carbocycles. The first-order chi connectivity index (χ1) is 6.91. The van der Waals surface area contributed by atoms with Gasteiger partial charge in [0.2, 0.25) is 0 Å². The van der Waals surface area contributed by atoms with Crippen molar-refractivity contribution in [3.05, 3.63) is 0 Å². The molecule has 1 N–H and O–H groups in total. The van der Waals surface area contributed by atoms with Crippen molar-refractivity contribution in [2.45, 2.75) is 59.5 Å². The SMILES string of the molecule is CC(C)NCC(C)N1CCC(C)(C)CC1. The second kappa shape index (κ2) is 5.31. The minimum absolute atomic E-state index is 0.571. The van der Waals surface area contributed by atoms with Crippen molar-refractivity contribution in [1.29, 1.82) is 0 Å². The van der Waals surface area contributed by atoms with Gasteiger partial charge in [-0.05, 0) is 38.3 Å². The largest absolute Gasteiger partial charge is 0.313 e. The summed E-state index contributed by atoms with van der Waals surface area (Å²) in [5.74, 6) is 0. The Labute approximate surface area is 95.4 Å². The molecular formula is C13H28N2. The first-order valence-corrected chi connectivity index (χ1v) is 6.38. The molecule has 90 valence electrons. The van der Waals surface area contributed by atoms with Crippen LogP contribution in [0.4, 0.5) is 0 Å². The molecule has 1 aliphatic heterocycles. The smallest absolute Gasteiger partial charge is 0.0192 e. The summed E-state index contributed by atoms with van der Waals surface area (Å²) in [6.07, 6.45) is 2.69. The summed E-state index contributed by atoms with van der Waals surface area (Å²) in [7, 11) is 0. The molecule has 1 rings (SSSR count). The van der Waals surface area contributed by atoms with Crippen molar-refractivity contribution in [2.24, 2.45) is 5.41 Å². The predicted molar refractivity (Wildman–Crippen MR) is 67.2 cm³/mol. The number of nitrogens with zero attached hydrogens (tertiary/aromatic N) is 1. The van der Waals surface area contributed by atoms with Crippen LogP contribution in [0.15, 0.2) is 0 Å². The van der Waals surface area contributed by atoms with Crippen molar-refractivity contribution in [1.82, 2.24) is 10.2 Å². The summed E-state index contributed by atoms with van der Waals surface area (Å²) in [5.41, 5.74) is 0.571. The van der Waals surface area contributed by atoms with Gasteiger partial charge in [0.1, 0.15) is 0 Å². The highest BCUT2D eigenvalue weighted by Gasteiger charge is 2.27. The molecule has 0 radical (unpaired) electrons. The first-order valence-electron chi connectivity index (χ1n) is 6.38. The Morgan fingerprint density at radius 2 is 1.67 bits per heavy atom. The molecule has 1 fully saturated rings. The third-order valence-electron chi connectivity index (χ3n) is 3.60. The number of likely N-dealkylation sites (tertiary alicyclic amines) is 1. The highest BCUT2D eigenvalue weighted by molar-refractivity contribution is 4.82. The van der Waals surface area contributed by atoms with Crippen LogP contribution in [0.3, 0.4) is 0 Å². The molecule has 1 saturated heterocycles. The van der Waals surface area contributed by atoms with E-state index in [2.05, 4.69) is 44.8 Å². The van der Waals surface area contributed by atoms with Crippen molar-refractivity contribution >= 4 is 0 Å². The van der Waals surface area contributed by atoms with E-state index in [0.29, 0.717) is 17.5 Å². The Morgan fingerprint density at radius 3 is 2.13 bits per heavy atom. The van der Waals surface area contributed by atoms with Gasteiger partial charge in [0, 0.05) is 18.6 Å².